The Bertz CT molecular complexity index is 1070. The smallest absolute Gasteiger partial charge is 0.303 e. The van der Waals surface area contributed by atoms with Crippen LogP contribution in [0.25, 0.3) is 0 Å². The molecule has 1 heterocycles. The van der Waals surface area contributed by atoms with E-state index >= 15 is 0 Å². The first-order chi connectivity index (χ1) is 14.5. The predicted molar refractivity (Wildman–Crippen MR) is 111 cm³/mol. The first kappa shape index (κ1) is 22.3. The molecule has 31 heavy (non-hydrogen) atoms. The second-order valence-electron chi connectivity index (χ2n) is 8.27. The molecule has 0 N–H and O–H groups in total. The van der Waals surface area contributed by atoms with Crippen molar-refractivity contribution in [2.24, 2.45) is 5.92 Å². The van der Waals surface area contributed by atoms with Gasteiger partial charge in [-0.05, 0) is 50.0 Å². The van der Waals surface area contributed by atoms with Gasteiger partial charge in [-0.15, -0.1) is 0 Å². The van der Waals surface area contributed by atoms with Gasteiger partial charge in [0.05, 0.1) is 11.1 Å². The average molecular weight is 424 g/mol. The number of allylic oxidation sites excluding steroid dienone is 2. The van der Waals surface area contributed by atoms with E-state index in [1.54, 1.807) is 13.0 Å². The normalized spacial score (nSPS) is 20.7. The summed E-state index contributed by atoms with van der Waals surface area (Å²) in [6.45, 7) is 8.08. The van der Waals surface area contributed by atoms with E-state index in [9.17, 15) is 24.0 Å². The molecular weight excluding hydrogens is 400 g/mol. The maximum Gasteiger partial charge on any atom is 0.303 e. The van der Waals surface area contributed by atoms with Crippen LogP contribution in [0.1, 0.15) is 73.4 Å². The number of fused-ring (bicyclic) bond motifs is 1. The van der Waals surface area contributed by atoms with Crippen LogP contribution in [0.4, 0.5) is 0 Å². The van der Waals surface area contributed by atoms with E-state index in [1.807, 2.05) is 13.8 Å². The number of ketones is 3. The van der Waals surface area contributed by atoms with Crippen LogP contribution in [0.15, 0.2) is 35.4 Å². The number of hydrogen-bond acceptors (Lipinski definition) is 7. The molecule has 0 radical (unpaired) electrons. The highest BCUT2D eigenvalue weighted by Crippen LogP contribution is 2.45. The van der Waals surface area contributed by atoms with Crippen LogP contribution in [0, 0.1) is 5.92 Å². The van der Waals surface area contributed by atoms with E-state index in [-0.39, 0.29) is 28.4 Å². The van der Waals surface area contributed by atoms with Crippen molar-refractivity contribution in [2.75, 3.05) is 0 Å². The van der Waals surface area contributed by atoms with Crippen LogP contribution in [0.2, 0.25) is 0 Å². The fraction of sp³-hybridized carbons (Fsp3) is 0.375. The highest BCUT2D eigenvalue weighted by Gasteiger charge is 2.58. The average Bonchev–Trinajstić information content (AvgIpc) is 2.96. The summed E-state index contributed by atoms with van der Waals surface area (Å²) in [5.41, 5.74) is -1.40. The molecular formula is C24H24O7. The van der Waals surface area contributed by atoms with E-state index in [2.05, 4.69) is 0 Å². The summed E-state index contributed by atoms with van der Waals surface area (Å²) in [5, 5.41) is 0. The quantitative estimate of drug-likeness (QED) is 0.298. The van der Waals surface area contributed by atoms with Crippen molar-refractivity contribution in [3.63, 3.8) is 0 Å². The van der Waals surface area contributed by atoms with Crippen molar-refractivity contribution in [2.45, 2.75) is 52.7 Å². The minimum atomic E-state index is -2.14. The number of rotatable bonds is 6. The third-order valence-electron chi connectivity index (χ3n) is 5.32. The zero-order chi connectivity index (χ0) is 23.1. The highest BCUT2D eigenvalue weighted by molar-refractivity contribution is 6.31. The summed E-state index contributed by atoms with van der Waals surface area (Å²) < 4.78 is 11.3. The molecule has 0 fully saturated rings. The fourth-order valence-electron chi connectivity index (χ4n) is 4.12. The van der Waals surface area contributed by atoms with Gasteiger partial charge >= 0.3 is 5.97 Å². The monoisotopic (exact) mass is 424 g/mol. The van der Waals surface area contributed by atoms with Crippen LogP contribution in [0.3, 0.4) is 0 Å². The highest BCUT2D eigenvalue weighted by atomic mass is 16.5. The Labute approximate surface area is 180 Å². The molecule has 7 heteroatoms. The molecule has 1 aromatic carbocycles. The lowest BCUT2D eigenvalue weighted by Gasteiger charge is -2.27. The van der Waals surface area contributed by atoms with Crippen LogP contribution in [-0.4, -0.2) is 35.2 Å². The molecule has 1 aliphatic heterocycles. The van der Waals surface area contributed by atoms with E-state index in [0.717, 1.165) is 0 Å². The summed E-state index contributed by atoms with van der Waals surface area (Å²) >= 11 is 0. The first-order valence-electron chi connectivity index (χ1n) is 10.0. The Balaban J connectivity index is 2.23. The molecule has 3 rings (SSSR count). The predicted octanol–water partition coefficient (Wildman–Crippen LogP) is 3.51. The molecule has 0 saturated carbocycles. The minimum Gasteiger partial charge on any atom is -0.465 e. The molecule has 7 nitrogen and oxygen atoms in total. The van der Waals surface area contributed by atoms with Gasteiger partial charge in [-0.3, -0.25) is 24.0 Å². The van der Waals surface area contributed by atoms with Crippen molar-refractivity contribution in [3.05, 3.63) is 52.1 Å². The lowest BCUT2D eigenvalue weighted by atomic mass is 9.78. The molecule has 0 amide bonds. The number of benzene rings is 1. The summed E-state index contributed by atoms with van der Waals surface area (Å²) in [6.07, 6.45) is 2.77. The largest absolute Gasteiger partial charge is 0.465 e. The molecule has 1 aromatic rings. The Morgan fingerprint density at radius 1 is 1.16 bits per heavy atom. The van der Waals surface area contributed by atoms with Crippen LogP contribution < -0.4 is 4.74 Å². The molecule has 2 aliphatic rings. The molecule has 2 unspecified atom stereocenters. The second-order valence-corrected chi connectivity index (χ2v) is 8.27. The van der Waals surface area contributed by atoms with Crippen molar-refractivity contribution in [3.8, 4) is 5.75 Å². The van der Waals surface area contributed by atoms with E-state index < -0.39 is 35.0 Å². The third-order valence-corrected chi connectivity index (χ3v) is 5.32. The fourth-order valence-corrected chi connectivity index (χ4v) is 4.12. The van der Waals surface area contributed by atoms with Crippen LogP contribution in [-0.2, 0) is 19.1 Å². The van der Waals surface area contributed by atoms with Gasteiger partial charge in [-0.25, -0.2) is 0 Å². The van der Waals surface area contributed by atoms with Crippen molar-refractivity contribution in [1.29, 1.82) is 0 Å². The number of esters is 1. The van der Waals surface area contributed by atoms with E-state index in [1.165, 1.54) is 32.1 Å². The molecule has 0 bridgehead atoms. The SMILES string of the molecule is CC(=O)OC(CC(C)C)c1ccc2c(c1C(C)=O)C(=O)C1(O2)C(=O)C=C(C)C=C1C=O. The second kappa shape index (κ2) is 8.06. The standard InChI is InChI=1S/C24H24O7/c1-12(2)8-19(30-15(5)27)17-6-7-18-22(21(17)14(4)26)23(29)24(31-18)16(11-25)9-13(3)10-20(24)28/h6-7,9-12,19H,8H2,1-5H3. The van der Waals surface area contributed by atoms with E-state index in [0.29, 0.717) is 23.8 Å². The maximum atomic E-state index is 13.6. The zero-order valence-electron chi connectivity index (χ0n) is 18.1. The van der Waals surface area contributed by atoms with E-state index in [4.69, 9.17) is 9.47 Å². The number of ether oxygens (including phenoxy) is 2. The maximum absolute atomic E-state index is 13.6. The van der Waals surface area contributed by atoms with Crippen LogP contribution in [0.5, 0.6) is 5.75 Å². The van der Waals surface area contributed by atoms with Gasteiger partial charge in [0, 0.05) is 18.1 Å². The molecule has 1 spiro atoms. The van der Waals surface area contributed by atoms with Gasteiger partial charge in [0.2, 0.25) is 11.6 Å². The van der Waals surface area contributed by atoms with Gasteiger partial charge in [-0.2, -0.15) is 0 Å². The minimum absolute atomic E-state index is 0.0376. The van der Waals surface area contributed by atoms with Gasteiger partial charge in [0.1, 0.15) is 11.9 Å². The van der Waals surface area contributed by atoms with Gasteiger partial charge in [0.25, 0.3) is 5.60 Å². The lowest BCUT2D eigenvalue weighted by molar-refractivity contribution is -0.147. The summed E-state index contributed by atoms with van der Waals surface area (Å²) in [7, 11) is 0. The Kier molecular flexibility index (Phi) is 5.81. The van der Waals surface area contributed by atoms with Crippen LogP contribution >= 0.6 is 0 Å². The number of aldehydes is 1. The molecule has 0 aromatic heterocycles. The van der Waals surface area contributed by atoms with Crippen molar-refractivity contribution < 1.29 is 33.4 Å². The third kappa shape index (κ3) is 3.65. The van der Waals surface area contributed by atoms with Gasteiger partial charge in [0.15, 0.2) is 12.1 Å². The summed E-state index contributed by atoms with van der Waals surface area (Å²) in [6, 6.07) is 3.04. The topological polar surface area (TPSA) is 104 Å². The first-order valence-corrected chi connectivity index (χ1v) is 10.0. The number of hydrogen-bond donors (Lipinski definition) is 0. The Hall–Kier alpha value is -3.35. The lowest BCUT2D eigenvalue weighted by Crippen LogP contribution is -2.51. The van der Waals surface area contributed by atoms with Gasteiger partial charge in [-0.1, -0.05) is 19.9 Å². The van der Waals surface area contributed by atoms with Crippen molar-refractivity contribution >= 4 is 29.6 Å². The molecule has 1 aliphatic carbocycles. The molecule has 162 valence electrons. The Morgan fingerprint density at radius 3 is 2.39 bits per heavy atom. The van der Waals surface area contributed by atoms with Crippen molar-refractivity contribution in [1.82, 2.24) is 0 Å². The van der Waals surface area contributed by atoms with Gasteiger partial charge < -0.3 is 9.47 Å². The number of carbonyl (C=O) groups is 5. The number of carbonyl (C=O) groups excluding carboxylic acids is 5. The molecule has 0 saturated heterocycles. The Morgan fingerprint density at radius 2 is 1.84 bits per heavy atom. The summed E-state index contributed by atoms with van der Waals surface area (Å²) in [4.78, 5) is 62.6. The molecule has 2 atom stereocenters. The number of Topliss-reactive ketones (excluding diaryl/α,β-unsaturated/α-hetero) is 2. The summed E-state index contributed by atoms with van der Waals surface area (Å²) in [5.74, 6) is -2.23. The zero-order valence-corrected chi connectivity index (χ0v) is 18.1.